The molecule has 0 saturated heterocycles. The highest BCUT2D eigenvalue weighted by Gasteiger charge is 2.15. The molecule has 0 radical (unpaired) electrons. The van der Waals surface area contributed by atoms with E-state index in [-0.39, 0.29) is 0 Å². The van der Waals surface area contributed by atoms with E-state index >= 15 is 0 Å². The molecule has 6 aromatic rings. The molecule has 2 aliphatic heterocycles. The molecular formula is C36H42N10O4S2. The fourth-order valence-corrected chi connectivity index (χ4v) is 7.09. The van der Waals surface area contributed by atoms with Crippen molar-refractivity contribution in [3.05, 3.63) is 85.0 Å². The van der Waals surface area contributed by atoms with Crippen molar-refractivity contribution in [2.45, 2.75) is 51.4 Å². The fraction of sp³-hybridized carbons (Fsp3) is 0.389. The van der Waals surface area contributed by atoms with Crippen molar-refractivity contribution < 1.29 is 18.9 Å². The van der Waals surface area contributed by atoms with Crippen molar-refractivity contribution >= 4 is 33.3 Å². The third-order valence-corrected chi connectivity index (χ3v) is 10.4. The van der Waals surface area contributed by atoms with Crippen molar-refractivity contribution in [2.24, 2.45) is 0 Å². The normalized spacial score (nSPS) is 12.5. The quantitative estimate of drug-likeness (QED) is 0.0991. The molecule has 0 unspecified atom stereocenters. The van der Waals surface area contributed by atoms with Gasteiger partial charge in [0.05, 0.1) is 0 Å². The number of unbranched alkanes of at least 4 members (excludes halogenated alkanes) is 4. The number of aryl methyl sites for hydroxylation is 2. The largest absolute Gasteiger partial charge is 0.454 e. The lowest BCUT2D eigenvalue weighted by atomic mass is 10.1. The number of anilines is 2. The minimum Gasteiger partial charge on any atom is -0.454 e. The van der Waals surface area contributed by atoms with E-state index in [1.54, 1.807) is 25.0 Å². The Morgan fingerprint density at radius 3 is 1.56 bits per heavy atom. The van der Waals surface area contributed by atoms with Crippen LogP contribution in [0, 0.1) is 0 Å². The number of rotatable bonds is 16. The molecule has 2 aromatic carbocycles. The number of benzene rings is 2. The molecule has 0 saturated carbocycles. The molecule has 0 atom stereocenters. The summed E-state index contributed by atoms with van der Waals surface area (Å²) >= 11 is 2.83. The van der Waals surface area contributed by atoms with Gasteiger partial charge in [0, 0.05) is 75.0 Å². The van der Waals surface area contributed by atoms with Gasteiger partial charge in [-0.1, -0.05) is 25.0 Å². The minimum atomic E-state index is 0.326. The van der Waals surface area contributed by atoms with E-state index in [4.69, 9.17) is 18.9 Å². The molecule has 52 heavy (non-hydrogen) atoms. The number of hydrogen-bond acceptors (Lipinski definition) is 14. The summed E-state index contributed by atoms with van der Waals surface area (Å²) < 4.78 is 34.0. The zero-order valence-corrected chi connectivity index (χ0v) is 31.0. The van der Waals surface area contributed by atoms with Gasteiger partial charge in [-0.3, -0.25) is 9.13 Å². The van der Waals surface area contributed by atoms with Crippen LogP contribution < -0.4 is 28.7 Å². The summed E-state index contributed by atoms with van der Waals surface area (Å²) in [6.07, 6.45) is 19.6. The van der Waals surface area contributed by atoms with Gasteiger partial charge in [0.25, 0.3) is 0 Å². The Morgan fingerprint density at radius 2 is 1.06 bits per heavy atom. The first-order valence-electron chi connectivity index (χ1n) is 17.4. The van der Waals surface area contributed by atoms with Crippen LogP contribution in [0.25, 0.3) is 11.9 Å². The Labute approximate surface area is 311 Å². The number of imidazole rings is 2. The van der Waals surface area contributed by atoms with Crippen LogP contribution in [0.2, 0.25) is 0 Å². The van der Waals surface area contributed by atoms with E-state index in [1.807, 2.05) is 33.7 Å². The van der Waals surface area contributed by atoms with E-state index in [9.17, 15) is 0 Å². The molecule has 16 heteroatoms. The number of fused-ring (bicyclic) bond motifs is 2. The summed E-state index contributed by atoms with van der Waals surface area (Å²) in [5.41, 5.74) is 2.60. The summed E-state index contributed by atoms with van der Waals surface area (Å²) in [6.45, 7) is 2.60. The van der Waals surface area contributed by atoms with Gasteiger partial charge < -0.3 is 28.7 Å². The highest BCUT2D eigenvalue weighted by atomic mass is 32.1. The predicted octanol–water partition coefficient (Wildman–Crippen LogP) is 6.60. The highest BCUT2D eigenvalue weighted by molar-refractivity contribution is 7.10. The van der Waals surface area contributed by atoms with Gasteiger partial charge in [0.2, 0.25) is 35.7 Å². The van der Waals surface area contributed by atoms with Crippen LogP contribution in [-0.4, -0.2) is 78.6 Å². The molecule has 8 rings (SSSR count). The first-order chi connectivity index (χ1) is 25.6. The molecule has 0 N–H and O–H groups in total. The van der Waals surface area contributed by atoms with Gasteiger partial charge in [-0.2, -0.15) is 18.7 Å². The van der Waals surface area contributed by atoms with Crippen molar-refractivity contribution in [1.82, 2.24) is 37.8 Å². The summed E-state index contributed by atoms with van der Waals surface area (Å²) in [5, 5.41) is 1.87. The second-order valence-electron chi connectivity index (χ2n) is 12.5. The SMILES string of the molecule is CN(CCCCCCc1ccc2c(c1)OCO2)c1nc(-n2ccnc2)ns1.CN(CCCCc1ccc2c(c1)OCO2)c1nc(-n2ccnc2)ns1. The van der Waals surface area contributed by atoms with Crippen LogP contribution in [0.1, 0.15) is 49.7 Å². The lowest BCUT2D eigenvalue weighted by Crippen LogP contribution is -2.18. The van der Waals surface area contributed by atoms with Crippen molar-refractivity contribution in [3.8, 4) is 34.9 Å². The third kappa shape index (κ3) is 9.16. The smallest absolute Gasteiger partial charge is 0.248 e. The Morgan fingerprint density at radius 1 is 0.596 bits per heavy atom. The lowest BCUT2D eigenvalue weighted by Gasteiger charge is -2.14. The maximum atomic E-state index is 5.43. The van der Waals surface area contributed by atoms with Crippen molar-refractivity contribution in [2.75, 3.05) is 50.6 Å². The zero-order valence-electron chi connectivity index (χ0n) is 29.3. The average molecular weight is 743 g/mol. The van der Waals surface area contributed by atoms with E-state index in [1.165, 1.54) is 53.5 Å². The van der Waals surface area contributed by atoms with E-state index in [2.05, 4.69) is 76.8 Å². The van der Waals surface area contributed by atoms with Crippen LogP contribution >= 0.6 is 23.1 Å². The molecule has 272 valence electrons. The molecule has 0 aliphatic carbocycles. The number of ether oxygens (including phenoxy) is 4. The second-order valence-corrected chi connectivity index (χ2v) is 14.0. The van der Waals surface area contributed by atoms with Gasteiger partial charge in [-0.25, -0.2) is 9.97 Å². The van der Waals surface area contributed by atoms with Crippen LogP contribution in [0.15, 0.2) is 73.8 Å². The van der Waals surface area contributed by atoms with Gasteiger partial charge in [0.1, 0.15) is 12.7 Å². The molecule has 0 fully saturated rings. The van der Waals surface area contributed by atoms with E-state index in [0.29, 0.717) is 25.5 Å². The van der Waals surface area contributed by atoms with E-state index < -0.39 is 0 Å². The van der Waals surface area contributed by atoms with Crippen molar-refractivity contribution in [1.29, 1.82) is 0 Å². The number of aromatic nitrogens is 8. The van der Waals surface area contributed by atoms with Crippen molar-refractivity contribution in [3.63, 3.8) is 0 Å². The number of nitrogens with zero attached hydrogens (tertiary/aromatic N) is 10. The van der Waals surface area contributed by atoms with Gasteiger partial charge in [-0.15, -0.1) is 0 Å². The zero-order chi connectivity index (χ0) is 35.5. The van der Waals surface area contributed by atoms with Crippen LogP contribution in [0.3, 0.4) is 0 Å². The number of hydrogen-bond donors (Lipinski definition) is 0. The summed E-state index contributed by atoms with van der Waals surface area (Å²) in [6, 6.07) is 12.4. The topological polar surface area (TPSA) is 131 Å². The second kappa shape index (κ2) is 17.3. The standard InChI is InChI=1S/C19H23N5O2S.C17H19N5O2S/c1-23(19-21-18(22-27-19)24-11-9-20-13-24)10-5-3-2-4-6-15-7-8-16-17(12-15)26-14-25-16;1-21(17-19-16(20-25-17)22-9-7-18-11-22)8-3-2-4-13-5-6-14-15(10-13)24-12-23-14/h7-9,11-13H,2-6,10,14H2,1H3;5-7,9-11H,2-4,8,12H2,1H3. The summed E-state index contributed by atoms with van der Waals surface area (Å²) in [4.78, 5) is 21.5. The molecule has 6 heterocycles. The Hall–Kier alpha value is -5.22. The van der Waals surface area contributed by atoms with Crippen LogP contribution in [-0.2, 0) is 12.8 Å². The maximum absolute atomic E-state index is 5.43. The van der Waals surface area contributed by atoms with Gasteiger partial charge in [0.15, 0.2) is 23.0 Å². The molecule has 0 amide bonds. The average Bonchev–Trinajstić information content (AvgIpc) is 4.01. The molecule has 2 aliphatic rings. The lowest BCUT2D eigenvalue weighted by molar-refractivity contribution is 0.173. The molecular weight excluding hydrogens is 701 g/mol. The fourth-order valence-electron chi connectivity index (χ4n) is 5.78. The maximum Gasteiger partial charge on any atom is 0.248 e. The summed E-state index contributed by atoms with van der Waals surface area (Å²) in [5.74, 6) is 4.78. The minimum absolute atomic E-state index is 0.326. The summed E-state index contributed by atoms with van der Waals surface area (Å²) in [7, 11) is 4.13. The molecule has 0 spiro atoms. The van der Waals surface area contributed by atoms with Crippen LogP contribution in [0.4, 0.5) is 10.3 Å². The first-order valence-corrected chi connectivity index (χ1v) is 19.0. The molecule has 14 nitrogen and oxygen atoms in total. The molecule has 4 aromatic heterocycles. The Bertz CT molecular complexity index is 1980. The third-order valence-electron chi connectivity index (χ3n) is 8.72. The van der Waals surface area contributed by atoms with Crippen LogP contribution in [0.5, 0.6) is 23.0 Å². The highest BCUT2D eigenvalue weighted by Crippen LogP contribution is 2.34. The Kier molecular flexibility index (Phi) is 11.7. The Balaban J connectivity index is 0.000000162. The van der Waals surface area contributed by atoms with Gasteiger partial charge >= 0.3 is 0 Å². The first kappa shape index (κ1) is 35.2. The predicted molar refractivity (Wildman–Crippen MR) is 201 cm³/mol. The monoisotopic (exact) mass is 742 g/mol. The van der Waals surface area contributed by atoms with Gasteiger partial charge in [-0.05, 0) is 73.9 Å². The van der Waals surface area contributed by atoms with E-state index in [0.717, 1.165) is 78.5 Å². The molecule has 0 bridgehead atoms.